The highest BCUT2D eigenvalue weighted by Crippen LogP contribution is 2.38. The predicted molar refractivity (Wildman–Crippen MR) is 52.6 cm³/mol. The maximum atomic E-state index is 8.29. The van der Waals surface area contributed by atoms with Crippen LogP contribution in [0.25, 0.3) is 0 Å². The number of hydrogen-bond donors (Lipinski definition) is 0. The molecule has 0 bridgehead atoms. The van der Waals surface area contributed by atoms with Crippen LogP contribution >= 0.6 is 11.4 Å². The first-order valence-corrected chi connectivity index (χ1v) is 3.80. The van der Waals surface area contributed by atoms with Crippen LogP contribution in [0.15, 0.2) is 23.1 Å². The van der Waals surface area contributed by atoms with Crippen LogP contribution in [0.5, 0.6) is 0 Å². The molecule has 0 nitrogen and oxygen atoms in total. The first-order valence-electron chi connectivity index (χ1n) is 8.70. The topological polar surface area (TPSA) is 0 Å². The second-order valence-electron chi connectivity index (χ2n) is 1.95. The zero-order valence-electron chi connectivity index (χ0n) is 17.2. The lowest BCUT2D eigenvalue weighted by Gasteiger charge is -2.28. The molecule has 0 aromatic rings. The van der Waals surface area contributed by atoms with Gasteiger partial charge in [0.25, 0.3) is 0 Å². The van der Waals surface area contributed by atoms with Gasteiger partial charge >= 0.3 is 0 Å². The molecule has 0 spiro atoms. The molecule has 0 aromatic heterocycles. The fourth-order valence-corrected chi connectivity index (χ4v) is 1.42. The van der Waals surface area contributed by atoms with Gasteiger partial charge in [-0.3, -0.25) is 11.4 Å². The molecule has 0 aromatic carbocycles. The van der Waals surface area contributed by atoms with Gasteiger partial charge in [0.1, 0.15) is 0 Å². The van der Waals surface area contributed by atoms with E-state index in [1.54, 1.807) is 0 Å². The molecule has 0 saturated carbocycles. The van der Waals surface area contributed by atoms with Crippen molar-refractivity contribution in [2.45, 2.75) is 19.1 Å². The molecule has 2 unspecified atom stereocenters. The molecule has 0 radical (unpaired) electrons. The van der Waals surface area contributed by atoms with E-state index in [4.69, 9.17) is 15.5 Å². The summed E-state index contributed by atoms with van der Waals surface area (Å²) in [6, 6.07) is 0. The van der Waals surface area contributed by atoms with Gasteiger partial charge in [0.05, 0.1) is 4.50 Å². The SMILES string of the molecule is [2H]C1C=CC=C2C1([2H])C([2H])([2H])C([2H])([2H])C([2H])([2H])S2([2H])([2H])([2H])[2H]. The van der Waals surface area contributed by atoms with E-state index in [0.717, 1.165) is 18.2 Å². The lowest BCUT2D eigenvalue weighted by molar-refractivity contribution is 0.568. The molecule has 0 amide bonds. The Morgan fingerprint density at radius 1 is 1.90 bits per heavy atom. The molecule has 10 heavy (non-hydrogen) atoms. The lowest BCUT2D eigenvalue weighted by atomic mass is 9.95. The van der Waals surface area contributed by atoms with Gasteiger partial charge in [-0.2, -0.15) is 0 Å². The molecular weight excluding hydrogens is 140 g/mol. The summed E-state index contributed by atoms with van der Waals surface area (Å²) in [5.74, 6) is -2.91. The van der Waals surface area contributed by atoms with E-state index in [-0.39, 0.29) is 0 Å². The minimum absolute atomic E-state index is 0.782. The van der Waals surface area contributed by atoms with E-state index in [2.05, 4.69) is 0 Å². The first-order chi connectivity index (χ1) is 9.29. The Kier molecular flexibility index (Phi) is 0.416. The van der Waals surface area contributed by atoms with E-state index >= 15 is 0 Å². The second-order valence-corrected chi connectivity index (χ2v) is 2.80. The highest BCUT2D eigenvalue weighted by atomic mass is 32.2. The van der Waals surface area contributed by atoms with Crippen LogP contribution in [-0.4, -0.2) is 10.2 Å². The third-order valence-electron chi connectivity index (χ3n) is 1.30. The molecule has 2 rings (SSSR count). The van der Waals surface area contributed by atoms with Gasteiger partial charge in [0, 0.05) is 11.0 Å². The van der Waals surface area contributed by atoms with Gasteiger partial charge < -0.3 is 0 Å². The Morgan fingerprint density at radius 2 is 2.90 bits per heavy atom. The monoisotopic (exact) mass is 168 g/mol. The summed E-state index contributed by atoms with van der Waals surface area (Å²) in [7, 11) is 0. The van der Waals surface area contributed by atoms with Crippen molar-refractivity contribution in [3.05, 3.63) is 23.1 Å². The molecule has 1 heterocycles. The van der Waals surface area contributed by atoms with Crippen molar-refractivity contribution in [3.8, 4) is 0 Å². The Balaban J connectivity index is 3.06. The predicted octanol–water partition coefficient (Wildman–Crippen LogP) is 1.90. The quantitative estimate of drug-likeness (QED) is 0.518. The molecular formula is C9H16S. The van der Waals surface area contributed by atoms with Crippen LogP contribution in [0.1, 0.15) is 30.1 Å². The molecule has 1 heteroatoms. The molecule has 58 valence electrons. The largest absolute Gasteiger partial charge is 0.291 e. The number of allylic oxidation sites excluding steroid dienone is 4. The molecule has 1 aliphatic heterocycles. The fraction of sp³-hybridized carbons (Fsp3) is 0.556. The molecule has 0 N–H and O–H groups in total. The Morgan fingerprint density at radius 3 is 3.90 bits per heavy atom. The zero-order valence-corrected chi connectivity index (χ0v) is 6.03. The van der Waals surface area contributed by atoms with Crippen LogP contribution in [0, 0.1) is 5.89 Å². The number of fused-ring (bicyclic) bond motifs is 1. The highest BCUT2D eigenvalue weighted by molar-refractivity contribution is 8.03. The van der Waals surface area contributed by atoms with Crippen LogP contribution in [0.4, 0.5) is 0 Å². The third kappa shape index (κ3) is 1.15. The molecule has 2 aliphatic rings. The van der Waals surface area contributed by atoms with E-state index in [9.17, 15) is 0 Å². The summed E-state index contributed by atoms with van der Waals surface area (Å²) in [6.45, 7) is 0. The van der Waals surface area contributed by atoms with Gasteiger partial charge in [0.15, 0.2) is 0 Å². The first kappa shape index (κ1) is 1.47. The number of hydrogen-bond acceptors (Lipinski definition) is 0. The van der Waals surface area contributed by atoms with E-state index < -0.39 is 47.0 Å². The van der Waals surface area contributed by atoms with Gasteiger partial charge in [-0.15, -0.1) is 0 Å². The number of rotatable bonds is 0. The molecule has 1 aliphatic carbocycles. The van der Waals surface area contributed by atoms with Crippen molar-refractivity contribution in [3.63, 3.8) is 0 Å². The van der Waals surface area contributed by atoms with Crippen molar-refractivity contribution >= 4 is 11.4 Å². The fourth-order valence-electron chi connectivity index (χ4n) is 0.832. The maximum Gasteiger partial charge on any atom is 0.0637 e. The van der Waals surface area contributed by atoms with Crippen molar-refractivity contribution in [1.82, 2.24) is 0 Å². The second kappa shape index (κ2) is 2.83. The summed E-state index contributed by atoms with van der Waals surface area (Å²) < 4.78 is 95.4. The minimum Gasteiger partial charge on any atom is -0.291 e. The van der Waals surface area contributed by atoms with Crippen molar-refractivity contribution < 1.29 is 11.0 Å². The van der Waals surface area contributed by atoms with Crippen LogP contribution in [-0.2, 0) is 0 Å². The van der Waals surface area contributed by atoms with Crippen LogP contribution in [0.3, 0.4) is 0 Å². The van der Waals surface area contributed by atoms with Crippen LogP contribution in [0.2, 0.25) is 0 Å². The smallest absolute Gasteiger partial charge is 0.0637 e. The highest BCUT2D eigenvalue weighted by Gasteiger charge is 2.16. The summed E-state index contributed by atoms with van der Waals surface area (Å²) in [5.41, 5.74) is -3.84. The Hall–Kier alpha value is -0.170. The molecule has 2 atom stereocenters. The Bertz CT molecular complexity index is 609. The minimum atomic E-state index is -7.05. The summed E-state index contributed by atoms with van der Waals surface area (Å²) in [5, 5.41) is 0. The maximum absolute atomic E-state index is 8.29. The van der Waals surface area contributed by atoms with Gasteiger partial charge in [-0.25, -0.2) is 0 Å². The summed E-state index contributed by atoms with van der Waals surface area (Å²) >= 11 is -7.05. The normalized spacial score (nSPS) is 101. The molecule has 1 saturated heterocycles. The summed E-state index contributed by atoms with van der Waals surface area (Å²) in [4.78, 5) is -1.11. The zero-order chi connectivity index (χ0) is 17.7. The standard InChI is InChI=1S/C9H16S/c1-2-6-9-8(4-1)5-3-7-10-9/h1-2,6,8H,3-5,7H2,10H4/i3D2,4D,5D2,7D2,8D,10D4. The molecule has 1 fully saturated rings. The van der Waals surface area contributed by atoms with Crippen LogP contribution < -0.4 is 0 Å². The average Bonchev–Trinajstić information content (AvgIpc) is 2.28. The van der Waals surface area contributed by atoms with Gasteiger partial charge in [-0.05, 0) is 30.7 Å². The lowest BCUT2D eigenvalue weighted by Crippen LogP contribution is -2.09. The van der Waals surface area contributed by atoms with Crippen molar-refractivity contribution in [1.29, 1.82) is 4.50 Å². The van der Waals surface area contributed by atoms with E-state index in [0.29, 0.717) is 0 Å². The van der Waals surface area contributed by atoms with Gasteiger partial charge in [0.2, 0.25) is 0 Å². The van der Waals surface area contributed by atoms with Crippen molar-refractivity contribution in [2.24, 2.45) is 5.89 Å². The van der Waals surface area contributed by atoms with Crippen molar-refractivity contribution in [2.75, 3.05) is 5.70 Å². The third-order valence-corrected chi connectivity index (χ3v) is 2.08. The van der Waals surface area contributed by atoms with E-state index in [1.807, 2.05) is 0 Å². The summed E-state index contributed by atoms with van der Waals surface area (Å²) in [6.07, 6.45) is -5.84. The Labute approximate surface area is 82.0 Å². The average molecular weight is 168 g/mol. The van der Waals surface area contributed by atoms with E-state index in [1.165, 1.54) is 0 Å². The van der Waals surface area contributed by atoms with Gasteiger partial charge in [-0.1, -0.05) is 23.1 Å².